The molecular formula is C35H50N2O8. The van der Waals surface area contributed by atoms with Gasteiger partial charge in [0.05, 0.1) is 20.8 Å². The number of para-hydroxylation sites is 2. The van der Waals surface area contributed by atoms with E-state index in [0.29, 0.717) is 38.0 Å². The van der Waals surface area contributed by atoms with Crippen molar-refractivity contribution in [3.63, 3.8) is 0 Å². The van der Waals surface area contributed by atoms with Gasteiger partial charge in [-0.1, -0.05) is 81.0 Å². The number of aliphatic hydroxyl groups is 1. The van der Waals surface area contributed by atoms with Crippen LogP contribution < -0.4 is 10.6 Å². The van der Waals surface area contributed by atoms with Gasteiger partial charge in [-0.15, -0.1) is 6.58 Å². The normalized spacial score (nSPS) is 11.6. The fraction of sp³-hybridized carbons (Fsp3) is 0.486. The largest absolute Gasteiger partial charge is 0.469 e. The zero-order valence-corrected chi connectivity index (χ0v) is 26.7. The van der Waals surface area contributed by atoms with Crippen molar-refractivity contribution in [3.8, 4) is 0 Å². The second kappa shape index (κ2) is 25.3. The molecule has 0 bridgehead atoms. The summed E-state index contributed by atoms with van der Waals surface area (Å²) in [5.74, 6) is -0.893. The van der Waals surface area contributed by atoms with Gasteiger partial charge in [0.1, 0.15) is 12.2 Å². The Labute approximate surface area is 267 Å². The summed E-state index contributed by atoms with van der Waals surface area (Å²) in [6.07, 6.45) is 8.95. The lowest BCUT2D eigenvalue weighted by atomic mass is 10.1. The van der Waals surface area contributed by atoms with Gasteiger partial charge in [0.25, 0.3) is 11.8 Å². The summed E-state index contributed by atoms with van der Waals surface area (Å²) >= 11 is 0. The lowest BCUT2D eigenvalue weighted by molar-refractivity contribution is -0.141. The summed E-state index contributed by atoms with van der Waals surface area (Å²) in [6, 6.07) is 18.4. The molecule has 10 heteroatoms. The van der Waals surface area contributed by atoms with E-state index < -0.39 is 12.2 Å². The maximum atomic E-state index is 12.3. The number of nitrogens with one attached hydrogen (secondary N) is 2. The third-order valence-electron chi connectivity index (χ3n) is 6.75. The van der Waals surface area contributed by atoms with E-state index in [1.807, 2.05) is 48.5 Å². The van der Waals surface area contributed by atoms with E-state index in [-0.39, 0.29) is 23.8 Å². The molecule has 248 valence electrons. The summed E-state index contributed by atoms with van der Waals surface area (Å²) in [4.78, 5) is 46.0. The third-order valence-corrected chi connectivity index (χ3v) is 6.75. The quantitative estimate of drug-likeness (QED) is 0.0844. The molecule has 0 aliphatic rings. The Morgan fingerprint density at radius 2 is 1.13 bits per heavy atom. The summed E-state index contributed by atoms with van der Waals surface area (Å²) in [7, 11) is 2.78. The van der Waals surface area contributed by atoms with E-state index in [9.17, 15) is 24.3 Å². The van der Waals surface area contributed by atoms with E-state index in [2.05, 4.69) is 26.7 Å². The van der Waals surface area contributed by atoms with Crippen LogP contribution in [-0.2, 0) is 33.4 Å². The second-order valence-electron chi connectivity index (χ2n) is 10.4. The van der Waals surface area contributed by atoms with Gasteiger partial charge >= 0.3 is 11.9 Å². The molecule has 10 nitrogen and oxygen atoms in total. The average Bonchev–Trinajstić information content (AvgIpc) is 3.06. The molecule has 2 rings (SSSR count). The molecule has 0 saturated carbocycles. The molecule has 0 radical (unpaired) electrons. The highest BCUT2D eigenvalue weighted by Gasteiger charge is 2.18. The van der Waals surface area contributed by atoms with Crippen LogP contribution in [0.2, 0.25) is 0 Å². The Morgan fingerprint density at radius 3 is 1.60 bits per heavy atom. The number of benzene rings is 2. The molecular weight excluding hydrogens is 576 g/mol. The van der Waals surface area contributed by atoms with Crippen molar-refractivity contribution in [3.05, 3.63) is 73.3 Å². The number of anilines is 2. The maximum absolute atomic E-state index is 12.3. The highest BCUT2D eigenvalue weighted by atomic mass is 16.5. The van der Waals surface area contributed by atoms with Crippen LogP contribution in [0.5, 0.6) is 0 Å². The molecule has 0 aromatic heterocycles. The van der Waals surface area contributed by atoms with Crippen LogP contribution in [0.15, 0.2) is 73.3 Å². The summed E-state index contributed by atoms with van der Waals surface area (Å²) in [5, 5.41) is 15.3. The SMILES string of the molecule is C=CCOC(CCCCCCC(=O)OC)C(=O)Nc1ccccc1.COC(=O)CCCCCCC(O)C(=O)Nc1ccccc1. The topological polar surface area (TPSA) is 140 Å². The van der Waals surface area contributed by atoms with Crippen molar-refractivity contribution in [2.24, 2.45) is 0 Å². The van der Waals surface area contributed by atoms with Gasteiger partial charge < -0.3 is 30.0 Å². The minimum atomic E-state index is -0.995. The number of carbonyl (C=O) groups is 4. The first-order valence-electron chi connectivity index (χ1n) is 15.6. The lowest BCUT2D eigenvalue weighted by Crippen LogP contribution is -2.30. The molecule has 2 atom stereocenters. The zero-order valence-electron chi connectivity index (χ0n) is 26.7. The lowest BCUT2D eigenvalue weighted by Gasteiger charge is -2.17. The Balaban J connectivity index is 0.000000454. The van der Waals surface area contributed by atoms with Gasteiger partial charge in [-0.2, -0.15) is 0 Å². The first kappa shape index (κ1) is 39.0. The van der Waals surface area contributed by atoms with E-state index in [1.54, 1.807) is 18.2 Å². The van der Waals surface area contributed by atoms with Crippen molar-refractivity contribution in [2.75, 3.05) is 31.5 Å². The predicted molar refractivity (Wildman–Crippen MR) is 176 cm³/mol. The van der Waals surface area contributed by atoms with Gasteiger partial charge in [0, 0.05) is 24.2 Å². The number of carbonyl (C=O) groups excluding carboxylic acids is 4. The second-order valence-corrected chi connectivity index (χ2v) is 10.4. The molecule has 2 amide bonds. The molecule has 0 saturated heterocycles. The number of hydrogen-bond acceptors (Lipinski definition) is 8. The van der Waals surface area contributed by atoms with Crippen molar-refractivity contribution in [1.29, 1.82) is 0 Å². The molecule has 2 aromatic carbocycles. The highest BCUT2D eigenvalue weighted by Crippen LogP contribution is 2.14. The number of rotatable bonds is 21. The molecule has 2 aromatic rings. The van der Waals surface area contributed by atoms with Crippen molar-refractivity contribution in [2.45, 2.75) is 89.3 Å². The summed E-state index contributed by atoms with van der Waals surface area (Å²) in [5.41, 5.74) is 1.44. The van der Waals surface area contributed by atoms with Crippen LogP contribution in [0, 0.1) is 0 Å². The maximum Gasteiger partial charge on any atom is 0.305 e. The van der Waals surface area contributed by atoms with Crippen LogP contribution in [0.25, 0.3) is 0 Å². The highest BCUT2D eigenvalue weighted by molar-refractivity contribution is 5.94. The Bertz CT molecular complexity index is 1110. The minimum absolute atomic E-state index is 0.141. The van der Waals surface area contributed by atoms with Crippen molar-refractivity contribution in [1.82, 2.24) is 0 Å². The van der Waals surface area contributed by atoms with Crippen LogP contribution >= 0.6 is 0 Å². The molecule has 0 aliphatic carbocycles. The van der Waals surface area contributed by atoms with E-state index >= 15 is 0 Å². The Kier molecular flexibility index (Phi) is 21.9. The summed E-state index contributed by atoms with van der Waals surface area (Å²) in [6.45, 7) is 3.96. The molecule has 3 N–H and O–H groups in total. The van der Waals surface area contributed by atoms with Crippen LogP contribution in [0.1, 0.15) is 77.0 Å². The Morgan fingerprint density at radius 1 is 0.689 bits per heavy atom. The molecule has 0 heterocycles. The third kappa shape index (κ3) is 19.8. The smallest absolute Gasteiger partial charge is 0.305 e. The predicted octanol–water partition coefficient (Wildman–Crippen LogP) is 6.21. The molecule has 45 heavy (non-hydrogen) atoms. The molecule has 0 aliphatic heterocycles. The first-order valence-corrected chi connectivity index (χ1v) is 15.6. The van der Waals surface area contributed by atoms with E-state index in [0.717, 1.165) is 57.1 Å². The van der Waals surface area contributed by atoms with Crippen molar-refractivity contribution < 1.29 is 38.5 Å². The zero-order chi connectivity index (χ0) is 33.1. The fourth-order valence-corrected chi connectivity index (χ4v) is 4.21. The number of methoxy groups -OCH3 is 2. The van der Waals surface area contributed by atoms with Crippen LogP contribution in [-0.4, -0.2) is 61.9 Å². The number of aliphatic hydroxyl groups excluding tert-OH is 1. The minimum Gasteiger partial charge on any atom is -0.469 e. The number of ether oxygens (including phenoxy) is 3. The number of esters is 2. The van der Waals surface area contributed by atoms with E-state index in [4.69, 9.17) is 4.74 Å². The van der Waals surface area contributed by atoms with Gasteiger partial charge in [0.2, 0.25) is 0 Å². The molecule has 0 spiro atoms. The van der Waals surface area contributed by atoms with E-state index in [1.165, 1.54) is 14.2 Å². The number of amides is 2. The molecule has 2 unspecified atom stereocenters. The van der Waals surface area contributed by atoms with Gasteiger partial charge in [-0.25, -0.2) is 0 Å². The Hall–Kier alpha value is -4.02. The standard InChI is InChI=1S/C19H27NO4.C16H23NO4/c1-3-15-24-17(13-9-4-5-10-14-18(21)23-2)19(22)20-16-11-7-6-8-12-16;1-21-15(19)12-8-3-2-7-11-14(18)16(20)17-13-9-5-4-6-10-13/h3,6-8,11-12,17H,1,4-5,9-10,13-15H2,2H3,(H,20,22);4-6,9-10,14,18H,2-3,7-8,11-12H2,1H3,(H,17,20). The summed E-state index contributed by atoms with van der Waals surface area (Å²) < 4.78 is 14.7. The molecule has 0 fully saturated rings. The number of unbranched alkanes of at least 4 members (excludes halogenated alkanes) is 6. The van der Waals surface area contributed by atoms with Gasteiger partial charge in [-0.3, -0.25) is 19.2 Å². The van der Waals surface area contributed by atoms with Gasteiger partial charge in [0.15, 0.2) is 0 Å². The van der Waals surface area contributed by atoms with Gasteiger partial charge in [-0.05, 0) is 49.9 Å². The fourth-order valence-electron chi connectivity index (χ4n) is 4.21. The van der Waals surface area contributed by atoms with Crippen LogP contribution in [0.3, 0.4) is 0 Å². The number of hydrogen-bond donors (Lipinski definition) is 3. The first-order chi connectivity index (χ1) is 21.8. The monoisotopic (exact) mass is 626 g/mol. The van der Waals surface area contributed by atoms with Crippen molar-refractivity contribution >= 4 is 35.1 Å². The average molecular weight is 627 g/mol. The van der Waals surface area contributed by atoms with Crippen LogP contribution in [0.4, 0.5) is 11.4 Å².